The van der Waals surface area contributed by atoms with E-state index in [0.29, 0.717) is 17.9 Å². The molecule has 152 valence electrons. The number of aromatic nitrogens is 1. The van der Waals surface area contributed by atoms with Gasteiger partial charge in [0.15, 0.2) is 6.10 Å². The molecule has 0 aliphatic heterocycles. The largest absolute Gasteiger partial charge is 0.449 e. The maximum Gasteiger partial charge on any atom is 0.338 e. The Labute approximate surface area is 176 Å². The quantitative estimate of drug-likeness (QED) is 0.537. The molecule has 8 heteroatoms. The van der Waals surface area contributed by atoms with Crippen LogP contribution in [0.25, 0.3) is 10.2 Å². The van der Waals surface area contributed by atoms with Crippen LogP contribution in [0, 0.1) is 0 Å². The molecule has 2 aromatic carbocycles. The molecule has 1 heterocycles. The monoisotopic (exact) mass is 430 g/mol. The number of amides is 1. The van der Waals surface area contributed by atoms with E-state index in [9.17, 15) is 13.8 Å². The van der Waals surface area contributed by atoms with E-state index in [-0.39, 0.29) is 5.91 Å². The van der Waals surface area contributed by atoms with E-state index in [2.05, 4.69) is 4.98 Å². The summed E-state index contributed by atoms with van der Waals surface area (Å²) in [7, 11) is 0.657. The Hall–Kier alpha value is -2.58. The fraction of sp³-hybridized carbons (Fsp3) is 0.286. The smallest absolute Gasteiger partial charge is 0.338 e. The summed E-state index contributed by atoms with van der Waals surface area (Å²) < 4.78 is 17.8. The predicted molar refractivity (Wildman–Crippen MR) is 115 cm³/mol. The molecule has 29 heavy (non-hydrogen) atoms. The lowest BCUT2D eigenvalue weighted by Gasteiger charge is -2.20. The van der Waals surface area contributed by atoms with Crippen molar-refractivity contribution in [2.75, 3.05) is 13.3 Å². The SMILES string of the molecule is CC(OC(=O)c1cccc(CS(C)=O)c1)C(=O)N(C)Cc1nc2ccccc2s1. The van der Waals surface area contributed by atoms with Gasteiger partial charge in [-0.1, -0.05) is 24.3 Å². The van der Waals surface area contributed by atoms with E-state index in [4.69, 9.17) is 4.74 Å². The number of ether oxygens (including phenoxy) is 1. The van der Waals surface area contributed by atoms with Gasteiger partial charge in [0.05, 0.1) is 22.3 Å². The highest BCUT2D eigenvalue weighted by molar-refractivity contribution is 7.83. The lowest BCUT2D eigenvalue weighted by atomic mass is 10.1. The number of rotatable bonds is 7. The zero-order valence-electron chi connectivity index (χ0n) is 16.5. The molecule has 2 atom stereocenters. The van der Waals surface area contributed by atoms with Gasteiger partial charge in [0.1, 0.15) is 5.01 Å². The molecule has 0 spiro atoms. The summed E-state index contributed by atoms with van der Waals surface area (Å²) in [4.78, 5) is 31.1. The van der Waals surface area contributed by atoms with E-state index in [1.54, 1.807) is 44.5 Å². The van der Waals surface area contributed by atoms with Crippen molar-refractivity contribution in [3.05, 3.63) is 64.7 Å². The van der Waals surface area contributed by atoms with Crippen LogP contribution in [-0.2, 0) is 32.6 Å². The van der Waals surface area contributed by atoms with Crippen LogP contribution in [0.15, 0.2) is 48.5 Å². The van der Waals surface area contributed by atoms with Crippen molar-refractivity contribution < 1.29 is 18.5 Å². The second-order valence-corrected chi connectivity index (χ2v) is 9.29. The number of hydrogen-bond donors (Lipinski definition) is 0. The van der Waals surface area contributed by atoms with Gasteiger partial charge in [0, 0.05) is 29.9 Å². The number of esters is 1. The second kappa shape index (κ2) is 9.28. The highest BCUT2D eigenvalue weighted by atomic mass is 32.2. The van der Waals surface area contributed by atoms with Crippen molar-refractivity contribution >= 4 is 44.2 Å². The summed E-state index contributed by atoms with van der Waals surface area (Å²) in [6.45, 7) is 1.90. The zero-order chi connectivity index (χ0) is 21.0. The molecule has 0 N–H and O–H groups in total. The average Bonchev–Trinajstić information content (AvgIpc) is 3.09. The minimum atomic E-state index is -1.01. The Balaban J connectivity index is 1.61. The topological polar surface area (TPSA) is 76.6 Å². The van der Waals surface area contributed by atoms with Crippen LogP contribution in [-0.4, -0.2) is 45.4 Å². The third-order valence-corrected chi connectivity index (χ3v) is 6.01. The number of thiazole rings is 1. The van der Waals surface area contributed by atoms with E-state index in [1.807, 2.05) is 24.3 Å². The number of benzene rings is 2. The van der Waals surface area contributed by atoms with Crippen LogP contribution in [0.5, 0.6) is 0 Å². The van der Waals surface area contributed by atoms with Gasteiger partial charge in [0.2, 0.25) is 0 Å². The summed E-state index contributed by atoms with van der Waals surface area (Å²) in [5, 5.41) is 0.820. The molecular formula is C21H22N2O4S2. The molecule has 0 aliphatic rings. The zero-order valence-corrected chi connectivity index (χ0v) is 18.1. The molecule has 0 aliphatic carbocycles. The van der Waals surface area contributed by atoms with Crippen LogP contribution in [0.1, 0.15) is 27.9 Å². The van der Waals surface area contributed by atoms with Crippen molar-refractivity contribution in [2.45, 2.75) is 25.3 Å². The Bertz CT molecular complexity index is 1030. The maximum absolute atomic E-state index is 12.6. The Morgan fingerprint density at radius 1 is 1.21 bits per heavy atom. The first-order valence-electron chi connectivity index (χ1n) is 9.03. The molecular weight excluding hydrogens is 408 g/mol. The van der Waals surface area contributed by atoms with Crippen molar-refractivity contribution in [3.8, 4) is 0 Å². The van der Waals surface area contributed by atoms with Gasteiger partial charge in [-0.05, 0) is 36.8 Å². The molecule has 0 radical (unpaired) electrons. The molecule has 3 rings (SSSR count). The molecule has 1 amide bonds. The second-order valence-electron chi connectivity index (χ2n) is 6.74. The van der Waals surface area contributed by atoms with Gasteiger partial charge in [-0.25, -0.2) is 9.78 Å². The van der Waals surface area contributed by atoms with E-state index in [1.165, 1.54) is 16.2 Å². The fourth-order valence-corrected chi connectivity index (χ4v) is 4.55. The number of nitrogens with zero attached hydrogens (tertiary/aromatic N) is 2. The van der Waals surface area contributed by atoms with Gasteiger partial charge < -0.3 is 9.64 Å². The summed E-state index contributed by atoms with van der Waals surface area (Å²) in [6.07, 6.45) is 0.679. The molecule has 3 aromatic rings. The van der Waals surface area contributed by atoms with Gasteiger partial charge in [-0.2, -0.15) is 0 Å². The first-order valence-corrected chi connectivity index (χ1v) is 11.6. The van der Waals surface area contributed by atoms with E-state index < -0.39 is 22.9 Å². The van der Waals surface area contributed by atoms with Crippen molar-refractivity contribution in [2.24, 2.45) is 0 Å². The van der Waals surface area contributed by atoms with Crippen molar-refractivity contribution in [3.63, 3.8) is 0 Å². The lowest BCUT2D eigenvalue weighted by Crippen LogP contribution is -2.37. The number of fused-ring (bicyclic) bond motifs is 1. The van der Waals surface area contributed by atoms with Crippen LogP contribution in [0.4, 0.5) is 0 Å². The molecule has 0 fully saturated rings. The van der Waals surface area contributed by atoms with Gasteiger partial charge in [-0.15, -0.1) is 11.3 Å². The molecule has 6 nitrogen and oxygen atoms in total. The van der Waals surface area contributed by atoms with Crippen LogP contribution in [0.2, 0.25) is 0 Å². The molecule has 0 bridgehead atoms. The third kappa shape index (κ3) is 5.48. The van der Waals surface area contributed by atoms with Crippen molar-refractivity contribution in [1.82, 2.24) is 9.88 Å². The van der Waals surface area contributed by atoms with Gasteiger partial charge in [0.25, 0.3) is 5.91 Å². The minimum absolute atomic E-state index is 0.302. The standard InChI is InChI=1S/C21H22N2O4S2/c1-14(27-21(25)16-8-6-7-15(11-16)13-29(3)26)20(24)23(2)12-19-22-17-9-4-5-10-18(17)28-19/h4-11,14H,12-13H2,1-3H3. The van der Waals surface area contributed by atoms with Crippen LogP contribution in [0.3, 0.4) is 0 Å². The van der Waals surface area contributed by atoms with Crippen LogP contribution < -0.4 is 0 Å². The molecule has 1 aromatic heterocycles. The summed E-state index contributed by atoms with van der Waals surface area (Å²) in [5.41, 5.74) is 2.02. The Morgan fingerprint density at radius 2 is 1.97 bits per heavy atom. The molecule has 0 saturated carbocycles. The number of para-hydroxylation sites is 1. The molecule has 2 unspecified atom stereocenters. The third-order valence-electron chi connectivity index (χ3n) is 4.25. The Kier molecular flexibility index (Phi) is 6.76. The van der Waals surface area contributed by atoms with Crippen LogP contribution >= 0.6 is 11.3 Å². The highest BCUT2D eigenvalue weighted by Gasteiger charge is 2.23. The number of carbonyl (C=O) groups is 2. The molecule has 0 saturated heterocycles. The van der Waals surface area contributed by atoms with E-state index in [0.717, 1.165) is 20.8 Å². The summed E-state index contributed by atoms with van der Waals surface area (Å²) in [5.74, 6) is -0.521. The highest BCUT2D eigenvalue weighted by Crippen LogP contribution is 2.22. The number of likely N-dealkylation sites (N-methyl/N-ethyl adjacent to an activating group) is 1. The average molecular weight is 431 g/mol. The fourth-order valence-electron chi connectivity index (χ4n) is 2.88. The Morgan fingerprint density at radius 3 is 2.69 bits per heavy atom. The normalized spacial score (nSPS) is 13.1. The maximum atomic E-state index is 12.6. The lowest BCUT2D eigenvalue weighted by molar-refractivity contribution is -0.139. The van der Waals surface area contributed by atoms with Gasteiger partial charge >= 0.3 is 5.97 Å². The number of carbonyl (C=O) groups excluding carboxylic acids is 2. The first kappa shape index (κ1) is 21.1. The summed E-state index contributed by atoms with van der Waals surface area (Å²) >= 11 is 1.53. The van der Waals surface area contributed by atoms with E-state index >= 15 is 0 Å². The first-order chi connectivity index (χ1) is 13.8. The van der Waals surface area contributed by atoms with Crippen molar-refractivity contribution in [1.29, 1.82) is 0 Å². The van der Waals surface area contributed by atoms with Gasteiger partial charge in [-0.3, -0.25) is 9.00 Å². The number of hydrogen-bond acceptors (Lipinski definition) is 6. The predicted octanol–water partition coefficient (Wildman–Crippen LogP) is 3.38. The summed E-state index contributed by atoms with van der Waals surface area (Å²) in [6, 6.07) is 14.6. The minimum Gasteiger partial charge on any atom is -0.449 e.